The highest BCUT2D eigenvalue weighted by molar-refractivity contribution is 6.31. The lowest BCUT2D eigenvalue weighted by Crippen LogP contribution is -2.03. The van der Waals surface area contributed by atoms with E-state index < -0.39 is 0 Å². The minimum Gasteiger partial charge on any atom is -0.291 e. The van der Waals surface area contributed by atoms with E-state index in [1.165, 1.54) is 10.8 Å². The Morgan fingerprint density at radius 2 is 0.923 bits per heavy atom. The van der Waals surface area contributed by atoms with Crippen LogP contribution in [-0.4, -0.2) is 23.9 Å². The van der Waals surface area contributed by atoms with Gasteiger partial charge in [-0.25, -0.2) is 15.0 Å². The molecule has 0 fully saturated rings. The van der Waals surface area contributed by atoms with Crippen LogP contribution in [0, 0.1) is 0 Å². The van der Waals surface area contributed by atoms with Crippen LogP contribution in [0.3, 0.4) is 0 Å². The molecule has 5 nitrogen and oxygen atoms in total. The third-order valence-corrected chi connectivity index (χ3v) is 10.3. The molecule has 0 saturated carbocycles. The number of imidazole rings is 1. The van der Waals surface area contributed by atoms with Gasteiger partial charge in [-0.2, -0.15) is 0 Å². The van der Waals surface area contributed by atoms with E-state index in [0.717, 1.165) is 83.0 Å². The molecule has 0 amide bonds. The monoisotopic (exact) mass is 663 g/mol. The Morgan fingerprint density at radius 3 is 1.65 bits per heavy atom. The van der Waals surface area contributed by atoms with Crippen molar-refractivity contribution in [2.24, 2.45) is 0 Å². The number of aromatic nitrogens is 5. The summed E-state index contributed by atoms with van der Waals surface area (Å²) in [6, 6.07) is 61.7. The van der Waals surface area contributed by atoms with E-state index in [1.54, 1.807) is 0 Å². The van der Waals surface area contributed by atoms with Crippen LogP contribution in [0.1, 0.15) is 0 Å². The van der Waals surface area contributed by atoms with Gasteiger partial charge in [-0.1, -0.05) is 152 Å². The summed E-state index contributed by atoms with van der Waals surface area (Å²) in [6.45, 7) is 0. The van der Waals surface area contributed by atoms with Crippen molar-refractivity contribution in [1.82, 2.24) is 23.9 Å². The van der Waals surface area contributed by atoms with Crippen molar-refractivity contribution in [3.63, 3.8) is 0 Å². The summed E-state index contributed by atoms with van der Waals surface area (Å²) in [6.07, 6.45) is 0. The summed E-state index contributed by atoms with van der Waals surface area (Å²) in [5.74, 6) is 1.56. The number of para-hydroxylation sites is 3. The highest BCUT2D eigenvalue weighted by Gasteiger charge is 2.25. The van der Waals surface area contributed by atoms with E-state index >= 15 is 0 Å². The molecule has 0 saturated heterocycles. The average molecular weight is 664 g/mol. The Hall–Kier alpha value is -7.11. The second-order valence-electron chi connectivity index (χ2n) is 13.2. The van der Waals surface area contributed by atoms with E-state index in [4.69, 9.17) is 15.0 Å². The second-order valence-corrected chi connectivity index (χ2v) is 13.2. The normalized spacial score (nSPS) is 11.8. The van der Waals surface area contributed by atoms with Gasteiger partial charge < -0.3 is 0 Å². The van der Waals surface area contributed by atoms with E-state index in [-0.39, 0.29) is 0 Å². The molecule has 7 aromatic carbocycles. The molecule has 11 rings (SSSR count). The standard InChI is InChI=1S/C47H29N5/c1-4-16-30(17-5-1)43-35-23-10-13-25-37(35)48-47(50-43)51-39-27-15-12-24-36(39)41-40(51)29-28-34-33-22-11-14-26-38(33)52-45(42(34)41)44(31-18-6-2-7-19-31)49-46(52)32-20-8-3-9-21-32/h1-29H. The first-order valence-electron chi connectivity index (χ1n) is 17.6. The Kier molecular flexibility index (Phi) is 6.18. The molecular formula is C47H29N5. The highest BCUT2D eigenvalue weighted by atomic mass is 15.2. The fraction of sp³-hybridized carbons (Fsp3) is 0. The van der Waals surface area contributed by atoms with Gasteiger partial charge in [-0.3, -0.25) is 8.97 Å². The van der Waals surface area contributed by atoms with Crippen molar-refractivity contribution >= 4 is 59.9 Å². The third-order valence-electron chi connectivity index (χ3n) is 10.3. The molecule has 0 aliphatic rings. The molecule has 11 aromatic rings. The van der Waals surface area contributed by atoms with Crippen LogP contribution in [0.5, 0.6) is 0 Å². The molecule has 0 spiro atoms. The summed E-state index contributed by atoms with van der Waals surface area (Å²) >= 11 is 0. The van der Waals surface area contributed by atoms with Crippen molar-refractivity contribution < 1.29 is 0 Å². The molecule has 0 aliphatic heterocycles. The van der Waals surface area contributed by atoms with Gasteiger partial charge in [0.15, 0.2) is 0 Å². The predicted molar refractivity (Wildman–Crippen MR) is 214 cm³/mol. The summed E-state index contributed by atoms with van der Waals surface area (Å²) in [4.78, 5) is 16.1. The molecular weight excluding hydrogens is 635 g/mol. The fourth-order valence-corrected chi connectivity index (χ4v) is 8.09. The lowest BCUT2D eigenvalue weighted by Gasteiger charge is -2.14. The lowest BCUT2D eigenvalue weighted by atomic mass is 9.98. The topological polar surface area (TPSA) is 48.0 Å². The van der Waals surface area contributed by atoms with E-state index in [1.807, 2.05) is 12.1 Å². The maximum atomic E-state index is 5.49. The van der Waals surface area contributed by atoms with Crippen LogP contribution in [0.25, 0.3) is 99.8 Å². The van der Waals surface area contributed by atoms with Gasteiger partial charge in [0.05, 0.1) is 39.0 Å². The van der Waals surface area contributed by atoms with Crippen LogP contribution in [0.4, 0.5) is 0 Å². The van der Waals surface area contributed by atoms with Crippen molar-refractivity contribution in [2.75, 3.05) is 0 Å². The number of pyridine rings is 1. The van der Waals surface area contributed by atoms with Crippen molar-refractivity contribution in [3.05, 3.63) is 176 Å². The summed E-state index contributed by atoms with van der Waals surface area (Å²) < 4.78 is 4.62. The van der Waals surface area contributed by atoms with Gasteiger partial charge >= 0.3 is 0 Å². The van der Waals surface area contributed by atoms with Crippen molar-refractivity contribution in [3.8, 4) is 39.9 Å². The zero-order valence-electron chi connectivity index (χ0n) is 28.0. The van der Waals surface area contributed by atoms with Crippen LogP contribution in [0.2, 0.25) is 0 Å². The first kappa shape index (κ1) is 28.7. The average Bonchev–Trinajstić information content (AvgIpc) is 3.79. The quantitative estimate of drug-likeness (QED) is 0.176. The number of hydrogen-bond donors (Lipinski definition) is 0. The maximum absolute atomic E-state index is 5.49. The molecule has 52 heavy (non-hydrogen) atoms. The number of hydrogen-bond acceptors (Lipinski definition) is 3. The molecule has 0 unspecified atom stereocenters. The Morgan fingerprint density at radius 1 is 0.346 bits per heavy atom. The van der Waals surface area contributed by atoms with Gasteiger partial charge in [-0.05, 0) is 29.7 Å². The zero-order chi connectivity index (χ0) is 34.2. The van der Waals surface area contributed by atoms with Crippen LogP contribution < -0.4 is 0 Å². The number of fused-ring (bicyclic) bond motifs is 11. The molecule has 0 N–H and O–H groups in total. The maximum Gasteiger partial charge on any atom is 0.235 e. The first-order chi connectivity index (χ1) is 25.8. The van der Waals surface area contributed by atoms with Crippen LogP contribution >= 0.6 is 0 Å². The summed E-state index contributed by atoms with van der Waals surface area (Å²) in [5, 5.41) is 6.82. The Balaban J connectivity index is 1.35. The van der Waals surface area contributed by atoms with Gasteiger partial charge in [0.25, 0.3) is 0 Å². The molecule has 5 heteroatoms. The van der Waals surface area contributed by atoms with Gasteiger partial charge in [0.1, 0.15) is 5.82 Å². The first-order valence-corrected chi connectivity index (χ1v) is 17.6. The number of rotatable bonds is 4. The third kappa shape index (κ3) is 4.14. The van der Waals surface area contributed by atoms with Crippen LogP contribution in [0.15, 0.2) is 176 Å². The molecule has 0 radical (unpaired) electrons. The molecule has 0 bridgehead atoms. The zero-order valence-corrected chi connectivity index (χ0v) is 28.0. The molecule has 242 valence electrons. The molecule has 4 heterocycles. The van der Waals surface area contributed by atoms with Gasteiger partial charge in [0.2, 0.25) is 5.95 Å². The molecule has 0 aliphatic carbocycles. The van der Waals surface area contributed by atoms with Crippen LogP contribution in [-0.2, 0) is 0 Å². The van der Waals surface area contributed by atoms with E-state index in [9.17, 15) is 0 Å². The fourth-order valence-electron chi connectivity index (χ4n) is 8.09. The van der Waals surface area contributed by atoms with Gasteiger partial charge in [0, 0.05) is 43.6 Å². The number of benzene rings is 7. The van der Waals surface area contributed by atoms with E-state index in [2.05, 4.69) is 173 Å². The smallest absolute Gasteiger partial charge is 0.235 e. The highest BCUT2D eigenvalue weighted by Crippen LogP contribution is 2.45. The number of nitrogens with zero attached hydrogens (tertiary/aromatic N) is 5. The SMILES string of the molecule is c1ccc(-c2nc(-n3c4ccccc4c4c5c(ccc43)c3ccccc3n3c(-c4ccccc4)nc(-c4ccccc4)c53)nc3ccccc23)cc1. The second kappa shape index (κ2) is 11.2. The van der Waals surface area contributed by atoms with Crippen molar-refractivity contribution in [1.29, 1.82) is 0 Å². The Bertz CT molecular complexity index is 3160. The summed E-state index contributed by atoms with van der Waals surface area (Å²) in [7, 11) is 0. The largest absolute Gasteiger partial charge is 0.291 e. The van der Waals surface area contributed by atoms with Crippen molar-refractivity contribution in [2.45, 2.75) is 0 Å². The molecule has 0 atom stereocenters. The molecule has 4 aromatic heterocycles. The summed E-state index contributed by atoms with van der Waals surface area (Å²) in [5.41, 5.74) is 10.3. The minimum atomic E-state index is 0.640. The predicted octanol–water partition coefficient (Wildman–Crippen LogP) is 11.7. The Labute approximate surface area is 298 Å². The lowest BCUT2D eigenvalue weighted by molar-refractivity contribution is 1.01. The van der Waals surface area contributed by atoms with Gasteiger partial charge in [-0.15, -0.1) is 0 Å². The minimum absolute atomic E-state index is 0.640. The van der Waals surface area contributed by atoms with E-state index in [0.29, 0.717) is 5.95 Å².